The molecular weight excluding hydrogens is 240 g/mol. The van der Waals surface area contributed by atoms with Crippen LogP contribution in [0.15, 0.2) is 48.5 Å². The zero-order valence-corrected chi connectivity index (χ0v) is 10.1. The highest BCUT2D eigenvalue weighted by molar-refractivity contribution is 6.04. The van der Waals surface area contributed by atoms with Crippen LogP contribution in [0, 0.1) is 11.3 Å². The number of aliphatic hydroxyl groups is 1. The fourth-order valence-corrected chi connectivity index (χ4v) is 1.70. The van der Waals surface area contributed by atoms with Crippen LogP contribution < -0.4 is 5.32 Å². The Balaban J connectivity index is 2.23. The second kappa shape index (κ2) is 5.80. The lowest BCUT2D eigenvalue weighted by Crippen LogP contribution is -2.13. The Bertz CT molecular complexity index is 645. The molecule has 0 spiro atoms. The first-order valence-corrected chi connectivity index (χ1v) is 5.75. The van der Waals surface area contributed by atoms with Gasteiger partial charge >= 0.3 is 0 Å². The van der Waals surface area contributed by atoms with Crippen molar-refractivity contribution >= 4 is 11.6 Å². The average Bonchev–Trinajstić information content (AvgIpc) is 2.47. The van der Waals surface area contributed by atoms with Gasteiger partial charge in [-0.25, -0.2) is 0 Å². The number of aliphatic hydroxyl groups excluding tert-OH is 1. The molecule has 2 aromatic rings. The van der Waals surface area contributed by atoms with Gasteiger partial charge in [-0.3, -0.25) is 4.79 Å². The van der Waals surface area contributed by atoms with E-state index in [1.54, 1.807) is 42.5 Å². The van der Waals surface area contributed by atoms with E-state index in [1.165, 1.54) is 6.07 Å². The summed E-state index contributed by atoms with van der Waals surface area (Å²) < 4.78 is 0. The van der Waals surface area contributed by atoms with E-state index in [9.17, 15) is 9.90 Å². The number of para-hydroxylation sites is 1. The lowest BCUT2D eigenvalue weighted by Gasteiger charge is -2.09. The maximum atomic E-state index is 12.0. The molecule has 0 saturated heterocycles. The molecule has 0 unspecified atom stereocenters. The molecule has 0 aliphatic carbocycles. The summed E-state index contributed by atoms with van der Waals surface area (Å²) in [6.45, 7) is -0.144. The third-order valence-electron chi connectivity index (χ3n) is 2.69. The van der Waals surface area contributed by atoms with Gasteiger partial charge in [-0.15, -0.1) is 0 Å². The van der Waals surface area contributed by atoms with Crippen LogP contribution in [-0.4, -0.2) is 11.0 Å². The summed E-state index contributed by atoms with van der Waals surface area (Å²) >= 11 is 0. The number of anilines is 1. The van der Waals surface area contributed by atoms with E-state index < -0.39 is 0 Å². The number of amides is 1. The third-order valence-corrected chi connectivity index (χ3v) is 2.69. The lowest BCUT2D eigenvalue weighted by molar-refractivity contribution is 0.102. The quantitative estimate of drug-likeness (QED) is 0.880. The zero-order chi connectivity index (χ0) is 13.7. The molecule has 0 aliphatic heterocycles. The molecule has 2 aromatic carbocycles. The lowest BCUT2D eigenvalue weighted by atomic mass is 10.1. The molecule has 94 valence electrons. The summed E-state index contributed by atoms with van der Waals surface area (Å²) in [6, 6.07) is 15.5. The SMILES string of the molecule is N#Cc1cccc(C(=O)Nc2ccccc2CO)c1. The van der Waals surface area contributed by atoms with E-state index in [-0.39, 0.29) is 12.5 Å². The van der Waals surface area contributed by atoms with E-state index in [0.717, 1.165) is 0 Å². The van der Waals surface area contributed by atoms with Crippen molar-refractivity contribution in [3.8, 4) is 6.07 Å². The minimum absolute atomic E-state index is 0.144. The fraction of sp³-hybridized carbons (Fsp3) is 0.0667. The van der Waals surface area contributed by atoms with E-state index in [4.69, 9.17) is 5.26 Å². The van der Waals surface area contributed by atoms with Crippen molar-refractivity contribution in [2.45, 2.75) is 6.61 Å². The van der Waals surface area contributed by atoms with Crippen LogP contribution in [0.1, 0.15) is 21.5 Å². The van der Waals surface area contributed by atoms with E-state index in [0.29, 0.717) is 22.4 Å². The molecule has 0 bridgehead atoms. The van der Waals surface area contributed by atoms with Gasteiger partial charge < -0.3 is 10.4 Å². The topological polar surface area (TPSA) is 73.1 Å². The molecule has 19 heavy (non-hydrogen) atoms. The summed E-state index contributed by atoms with van der Waals surface area (Å²) in [4.78, 5) is 12.0. The summed E-state index contributed by atoms with van der Waals surface area (Å²) in [5.74, 6) is -0.307. The first-order chi connectivity index (χ1) is 9.24. The number of benzene rings is 2. The fourth-order valence-electron chi connectivity index (χ4n) is 1.70. The molecule has 0 heterocycles. The van der Waals surface area contributed by atoms with Gasteiger partial charge in [0.15, 0.2) is 0 Å². The summed E-state index contributed by atoms with van der Waals surface area (Å²) in [7, 11) is 0. The highest BCUT2D eigenvalue weighted by Gasteiger charge is 2.08. The summed E-state index contributed by atoms with van der Waals surface area (Å²) in [5, 5.41) is 20.7. The summed E-state index contributed by atoms with van der Waals surface area (Å²) in [5.41, 5.74) is 2.06. The van der Waals surface area contributed by atoms with Gasteiger partial charge in [0.25, 0.3) is 5.91 Å². The number of rotatable bonds is 3. The maximum absolute atomic E-state index is 12.0. The standard InChI is InChI=1S/C15H12N2O2/c16-9-11-4-3-6-12(8-11)15(19)17-14-7-2-1-5-13(14)10-18/h1-8,18H,10H2,(H,17,19). The number of nitrogens with zero attached hydrogens (tertiary/aromatic N) is 1. The molecular formula is C15H12N2O2. The molecule has 0 radical (unpaired) electrons. The molecule has 0 saturated carbocycles. The molecule has 4 heteroatoms. The van der Waals surface area contributed by atoms with Crippen molar-refractivity contribution < 1.29 is 9.90 Å². The number of nitriles is 1. The highest BCUT2D eigenvalue weighted by Crippen LogP contribution is 2.16. The van der Waals surface area contributed by atoms with Crippen LogP contribution in [0.5, 0.6) is 0 Å². The Morgan fingerprint density at radius 3 is 2.74 bits per heavy atom. The molecule has 0 fully saturated rings. The predicted octanol–water partition coefficient (Wildman–Crippen LogP) is 2.30. The second-order valence-corrected chi connectivity index (χ2v) is 3.96. The molecule has 4 nitrogen and oxygen atoms in total. The Labute approximate surface area is 110 Å². The van der Waals surface area contributed by atoms with Crippen molar-refractivity contribution in [3.05, 3.63) is 65.2 Å². The average molecular weight is 252 g/mol. The minimum atomic E-state index is -0.307. The number of nitrogens with one attached hydrogen (secondary N) is 1. The smallest absolute Gasteiger partial charge is 0.255 e. The number of hydrogen-bond acceptors (Lipinski definition) is 3. The molecule has 2 rings (SSSR count). The van der Waals surface area contributed by atoms with Crippen molar-refractivity contribution in [3.63, 3.8) is 0 Å². The third kappa shape index (κ3) is 2.97. The van der Waals surface area contributed by atoms with Crippen LogP contribution in [0.2, 0.25) is 0 Å². The van der Waals surface area contributed by atoms with E-state index in [2.05, 4.69) is 5.32 Å². The normalized spacial score (nSPS) is 9.68. The van der Waals surface area contributed by atoms with Gasteiger partial charge in [0, 0.05) is 16.8 Å². The number of hydrogen-bond donors (Lipinski definition) is 2. The Morgan fingerprint density at radius 2 is 2.00 bits per heavy atom. The maximum Gasteiger partial charge on any atom is 0.255 e. The van der Waals surface area contributed by atoms with Crippen molar-refractivity contribution in [2.75, 3.05) is 5.32 Å². The van der Waals surface area contributed by atoms with Gasteiger partial charge in [0.1, 0.15) is 0 Å². The Hall–Kier alpha value is -2.64. The van der Waals surface area contributed by atoms with Crippen molar-refractivity contribution in [1.82, 2.24) is 0 Å². The molecule has 0 atom stereocenters. The van der Waals surface area contributed by atoms with Crippen LogP contribution in [0.3, 0.4) is 0 Å². The molecule has 2 N–H and O–H groups in total. The first-order valence-electron chi connectivity index (χ1n) is 5.75. The first kappa shape index (κ1) is 12.8. The number of carbonyl (C=O) groups is 1. The van der Waals surface area contributed by atoms with E-state index in [1.807, 2.05) is 6.07 Å². The van der Waals surface area contributed by atoms with Crippen LogP contribution in [0.25, 0.3) is 0 Å². The van der Waals surface area contributed by atoms with Gasteiger partial charge in [0.05, 0.1) is 18.2 Å². The van der Waals surface area contributed by atoms with Gasteiger partial charge in [0.2, 0.25) is 0 Å². The molecule has 0 aromatic heterocycles. The summed E-state index contributed by atoms with van der Waals surface area (Å²) in [6.07, 6.45) is 0. The number of carbonyl (C=O) groups excluding carboxylic acids is 1. The van der Waals surface area contributed by atoms with Crippen LogP contribution in [0.4, 0.5) is 5.69 Å². The zero-order valence-electron chi connectivity index (χ0n) is 10.1. The minimum Gasteiger partial charge on any atom is -0.392 e. The van der Waals surface area contributed by atoms with Gasteiger partial charge in [-0.05, 0) is 24.3 Å². The molecule has 1 amide bonds. The van der Waals surface area contributed by atoms with Crippen LogP contribution >= 0.6 is 0 Å². The van der Waals surface area contributed by atoms with Crippen molar-refractivity contribution in [1.29, 1.82) is 5.26 Å². The van der Waals surface area contributed by atoms with Gasteiger partial charge in [-0.1, -0.05) is 24.3 Å². The predicted molar refractivity (Wildman–Crippen MR) is 71.5 cm³/mol. The highest BCUT2D eigenvalue weighted by atomic mass is 16.3. The molecule has 0 aliphatic rings. The Kier molecular flexibility index (Phi) is 3.91. The largest absolute Gasteiger partial charge is 0.392 e. The monoisotopic (exact) mass is 252 g/mol. The van der Waals surface area contributed by atoms with Crippen LogP contribution in [-0.2, 0) is 6.61 Å². The Morgan fingerprint density at radius 1 is 1.21 bits per heavy atom. The van der Waals surface area contributed by atoms with E-state index >= 15 is 0 Å². The van der Waals surface area contributed by atoms with Gasteiger partial charge in [-0.2, -0.15) is 5.26 Å². The van der Waals surface area contributed by atoms with Crippen molar-refractivity contribution in [2.24, 2.45) is 0 Å². The second-order valence-electron chi connectivity index (χ2n) is 3.96.